The number of nitrogens with one attached hydrogen (secondary N) is 1. The molecule has 0 aliphatic heterocycles. The summed E-state index contributed by atoms with van der Waals surface area (Å²) in [5.74, 6) is 0.792. The van der Waals surface area contributed by atoms with Crippen LogP contribution in [0.5, 0.6) is 0 Å². The molecule has 0 saturated heterocycles. The first-order valence-electron chi connectivity index (χ1n) is 10.7. The van der Waals surface area contributed by atoms with Crippen LogP contribution in [0.25, 0.3) is 22.0 Å². The minimum Gasteiger partial charge on any atom is -0.368 e. The zero-order chi connectivity index (χ0) is 24.6. The molecular formula is C24H24N8O2. The van der Waals surface area contributed by atoms with Gasteiger partial charge in [-0.05, 0) is 44.0 Å². The van der Waals surface area contributed by atoms with Crippen molar-refractivity contribution in [1.29, 1.82) is 5.26 Å². The molecule has 1 unspecified atom stereocenters. The Hall–Kier alpha value is -4.52. The van der Waals surface area contributed by atoms with Crippen molar-refractivity contribution >= 4 is 22.7 Å². The van der Waals surface area contributed by atoms with E-state index in [0.29, 0.717) is 22.3 Å². The Morgan fingerprint density at radius 2 is 1.88 bits per heavy atom. The Morgan fingerprint density at radius 1 is 1.12 bits per heavy atom. The van der Waals surface area contributed by atoms with Crippen molar-refractivity contribution in [2.24, 2.45) is 7.05 Å². The maximum atomic E-state index is 13.8. The minimum absolute atomic E-state index is 0.0309. The van der Waals surface area contributed by atoms with Gasteiger partial charge in [-0.2, -0.15) is 10.2 Å². The number of nitriles is 1. The molecule has 10 nitrogen and oxygen atoms in total. The number of aryl methyl sites for hydroxylation is 1. The van der Waals surface area contributed by atoms with Gasteiger partial charge in [-0.15, -0.1) is 0 Å². The predicted octanol–water partition coefficient (Wildman–Crippen LogP) is 2.76. The van der Waals surface area contributed by atoms with Gasteiger partial charge in [0.15, 0.2) is 0 Å². The third kappa shape index (κ3) is 3.99. The molecule has 1 atom stereocenters. The molecule has 3 heterocycles. The first-order chi connectivity index (χ1) is 16.2. The molecule has 0 amide bonds. The summed E-state index contributed by atoms with van der Waals surface area (Å²) >= 11 is 0. The maximum Gasteiger partial charge on any atom is 0.262 e. The number of fused-ring (bicyclic) bond motifs is 1. The summed E-state index contributed by atoms with van der Waals surface area (Å²) in [6.07, 6.45) is 3.05. The number of nitrogens with two attached hydrogens (primary N) is 1. The quantitative estimate of drug-likeness (QED) is 0.466. The molecule has 0 radical (unpaired) electrons. The summed E-state index contributed by atoms with van der Waals surface area (Å²) in [6, 6.07) is 10.0. The summed E-state index contributed by atoms with van der Waals surface area (Å²) in [5, 5.41) is 13.0. The number of hydrogen-bond donors (Lipinski definition) is 2. The summed E-state index contributed by atoms with van der Waals surface area (Å²) in [6.45, 7) is 5.65. The zero-order valence-electron chi connectivity index (χ0n) is 19.3. The number of rotatable bonds is 5. The predicted molar refractivity (Wildman–Crippen MR) is 130 cm³/mol. The first kappa shape index (κ1) is 22.7. The van der Waals surface area contributed by atoms with Gasteiger partial charge < -0.3 is 15.6 Å². The SMILES string of the molecule is CC(Nc1nc(N)ncc1C#N)c1nc2cccc(-c3ccc(=O)n(C)c3)c2c(=O)n1C(C)C. The lowest BCUT2D eigenvalue weighted by molar-refractivity contribution is 0.525. The van der Waals surface area contributed by atoms with Gasteiger partial charge in [0.1, 0.15) is 23.3 Å². The van der Waals surface area contributed by atoms with E-state index in [1.165, 1.54) is 16.8 Å². The van der Waals surface area contributed by atoms with Gasteiger partial charge in [0.25, 0.3) is 5.56 Å². The Bertz CT molecular complexity index is 1560. The lowest BCUT2D eigenvalue weighted by Gasteiger charge is -2.23. The summed E-state index contributed by atoms with van der Waals surface area (Å²) in [7, 11) is 1.67. The molecule has 0 fully saturated rings. The van der Waals surface area contributed by atoms with Gasteiger partial charge in [-0.25, -0.2) is 9.97 Å². The molecule has 10 heteroatoms. The average Bonchev–Trinajstić information content (AvgIpc) is 2.80. The van der Waals surface area contributed by atoms with Crippen LogP contribution in [0.1, 0.15) is 44.2 Å². The molecule has 34 heavy (non-hydrogen) atoms. The van der Waals surface area contributed by atoms with E-state index in [-0.39, 0.29) is 34.5 Å². The van der Waals surface area contributed by atoms with E-state index < -0.39 is 6.04 Å². The number of aromatic nitrogens is 5. The number of benzene rings is 1. The van der Waals surface area contributed by atoms with Gasteiger partial charge >= 0.3 is 0 Å². The Kier molecular flexibility index (Phi) is 5.86. The van der Waals surface area contributed by atoms with E-state index in [9.17, 15) is 14.9 Å². The molecule has 0 aliphatic carbocycles. The number of nitrogens with zero attached hydrogens (tertiary/aromatic N) is 6. The van der Waals surface area contributed by atoms with E-state index in [0.717, 1.165) is 5.56 Å². The lowest BCUT2D eigenvalue weighted by atomic mass is 10.0. The van der Waals surface area contributed by atoms with Crippen LogP contribution in [-0.4, -0.2) is 24.1 Å². The molecule has 3 N–H and O–H groups in total. The molecule has 4 aromatic rings. The minimum atomic E-state index is -0.470. The summed E-state index contributed by atoms with van der Waals surface area (Å²) < 4.78 is 3.10. The lowest BCUT2D eigenvalue weighted by Crippen LogP contribution is -2.30. The number of hydrogen-bond acceptors (Lipinski definition) is 8. The second-order valence-corrected chi connectivity index (χ2v) is 8.27. The van der Waals surface area contributed by atoms with Crippen molar-refractivity contribution in [2.45, 2.75) is 32.9 Å². The van der Waals surface area contributed by atoms with Gasteiger partial charge in [-0.1, -0.05) is 12.1 Å². The van der Waals surface area contributed by atoms with Crippen LogP contribution in [0, 0.1) is 11.3 Å². The van der Waals surface area contributed by atoms with Gasteiger partial charge in [0.05, 0.1) is 23.1 Å². The van der Waals surface area contributed by atoms with Gasteiger partial charge in [-0.3, -0.25) is 14.2 Å². The highest BCUT2D eigenvalue weighted by molar-refractivity contribution is 5.93. The second kappa shape index (κ2) is 8.78. The number of nitrogen functional groups attached to an aromatic ring is 1. The number of anilines is 2. The molecule has 0 saturated carbocycles. The molecular weight excluding hydrogens is 432 g/mol. The van der Waals surface area contributed by atoms with Crippen molar-refractivity contribution in [1.82, 2.24) is 24.1 Å². The topological polar surface area (TPSA) is 145 Å². The van der Waals surface area contributed by atoms with Crippen molar-refractivity contribution in [2.75, 3.05) is 11.1 Å². The fraction of sp³-hybridized carbons (Fsp3) is 0.250. The molecule has 172 valence electrons. The van der Waals surface area contributed by atoms with E-state index in [4.69, 9.17) is 10.7 Å². The van der Waals surface area contributed by atoms with Crippen LogP contribution >= 0.6 is 0 Å². The standard InChI is InChI=1S/C24H24N8O2/c1-13(2)32-22(14(3)28-21-16(10-25)11-27-24(26)30-21)29-18-7-5-6-17(20(18)23(32)34)15-8-9-19(33)31(4)12-15/h5-9,11-14H,1-4H3,(H3,26,27,28,30). The summed E-state index contributed by atoms with van der Waals surface area (Å²) in [4.78, 5) is 38.5. The summed E-state index contributed by atoms with van der Waals surface area (Å²) in [5.41, 5.74) is 7.57. The Balaban J connectivity index is 1.91. The van der Waals surface area contributed by atoms with Crippen LogP contribution in [0.2, 0.25) is 0 Å². The van der Waals surface area contributed by atoms with Gasteiger partial charge in [0.2, 0.25) is 11.5 Å². The van der Waals surface area contributed by atoms with Crippen LogP contribution in [0.15, 0.2) is 52.3 Å². The molecule has 4 rings (SSSR count). The van der Waals surface area contributed by atoms with E-state index in [1.807, 2.05) is 39.0 Å². The highest BCUT2D eigenvalue weighted by atomic mass is 16.1. The van der Waals surface area contributed by atoms with Crippen molar-refractivity contribution in [3.63, 3.8) is 0 Å². The maximum absolute atomic E-state index is 13.8. The Labute approximate surface area is 195 Å². The average molecular weight is 457 g/mol. The Morgan fingerprint density at radius 3 is 2.56 bits per heavy atom. The second-order valence-electron chi connectivity index (χ2n) is 8.27. The molecule has 1 aromatic carbocycles. The third-order valence-corrected chi connectivity index (χ3v) is 5.54. The van der Waals surface area contributed by atoms with Crippen molar-refractivity contribution in [3.8, 4) is 17.2 Å². The first-order valence-corrected chi connectivity index (χ1v) is 10.7. The van der Waals surface area contributed by atoms with Crippen LogP contribution in [0.4, 0.5) is 11.8 Å². The van der Waals surface area contributed by atoms with Crippen molar-refractivity contribution in [3.05, 3.63) is 74.8 Å². The molecule has 0 aliphatic rings. The molecule has 3 aromatic heterocycles. The largest absolute Gasteiger partial charge is 0.368 e. The zero-order valence-corrected chi connectivity index (χ0v) is 19.3. The fourth-order valence-corrected chi connectivity index (χ4v) is 3.92. The highest BCUT2D eigenvalue weighted by Gasteiger charge is 2.22. The number of pyridine rings is 1. The smallest absolute Gasteiger partial charge is 0.262 e. The molecule has 0 spiro atoms. The third-order valence-electron chi connectivity index (χ3n) is 5.54. The van der Waals surface area contributed by atoms with E-state index >= 15 is 0 Å². The van der Waals surface area contributed by atoms with Crippen LogP contribution in [0.3, 0.4) is 0 Å². The normalized spacial score (nSPS) is 12.0. The van der Waals surface area contributed by atoms with Crippen LogP contribution < -0.4 is 22.2 Å². The van der Waals surface area contributed by atoms with E-state index in [2.05, 4.69) is 15.3 Å². The monoisotopic (exact) mass is 456 g/mol. The van der Waals surface area contributed by atoms with Crippen molar-refractivity contribution < 1.29 is 0 Å². The fourth-order valence-electron chi connectivity index (χ4n) is 3.92. The highest BCUT2D eigenvalue weighted by Crippen LogP contribution is 2.28. The van der Waals surface area contributed by atoms with Gasteiger partial charge in [0, 0.05) is 25.4 Å². The van der Waals surface area contributed by atoms with Crippen LogP contribution in [-0.2, 0) is 7.05 Å². The molecule has 0 bridgehead atoms. The van der Waals surface area contributed by atoms with E-state index in [1.54, 1.807) is 29.9 Å².